The molecule has 1 N–H and O–H groups in total. The van der Waals surface area contributed by atoms with Crippen LogP contribution in [0.15, 0.2) is 29.2 Å². The fourth-order valence-electron chi connectivity index (χ4n) is 1.32. The van der Waals surface area contributed by atoms with E-state index in [1.54, 1.807) is 11.8 Å². The van der Waals surface area contributed by atoms with E-state index in [4.69, 9.17) is 5.11 Å². The summed E-state index contributed by atoms with van der Waals surface area (Å²) in [5.74, 6) is -0.447. The van der Waals surface area contributed by atoms with Crippen molar-refractivity contribution in [1.82, 2.24) is 0 Å². The van der Waals surface area contributed by atoms with E-state index in [0.717, 1.165) is 0 Å². The van der Waals surface area contributed by atoms with Crippen molar-refractivity contribution >= 4 is 27.6 Å². The molecule has 0 aliphatic heterocycles. The Balaban J connectivity index is 2.76. The van der Waals surface area contributed by atoms with Gasteiger partial charge in [-0.1, -0.05) is 13.8 Å². The maximum atomic E-state index is 11.9. The number of thioether (sulfide) groups is 1. The molecule has 1 aromatic carbocycles. The van der Waals surface area contributed by atoms with Crippen LogP contribution in [0.2, 0.25) is 0 Å². The number of benzene rings is 1. The summed E-state index contributed by atoms with van der Waals surface area (Å²) in [7, 11) is -3.31. The van der Waals surface area contributed by atoms with Crippen molar-refractivity contribution in [1.29, 1.82) is 0 Å². The van der Waals surface area contributed by atoms with Crippen LogP contribution in [0.3, 0.4) is 0 Å². The molecule has 0 bridgehead atoms. The third-order valence-electron chi connectivity index (χ3n) is 2.26. The van der Waals surface area contributed by atoms with Crippen LogP contribution in [0.1, 0.15) is 24.2 Å². The highest BCUT2D eigenvalue weighted by molar-refractivity contribution is 8.01. The quantitative estimate of drug-likeness (QED) is 0.869. The Morgan fingerprint density at radius 2 is 1.83 bits per heavy atom. The van der Waals surface area contributed by atoms with Crippen molar-refractivity contribution in [3.63, 3.8) is 0 Å². The summed E-state index contributed by atoms with van der Waals surface area (Å²) in [6.45, 7) is 4.03. The van der Waals surface area contributed by atoms with E-state index >= 15 is 0 Å². The summed E-state index contributed by atoms with van der Waals surface area (Å²) in [4.78, 5) is 10.8. The first-order valence-electron chi connectivity index (χ1n) is 5.50. The smallest absolute Gasteiger partial charge is 0.335 e. The highest BCUT2D eigenvalue weighted by Gasteiger charge is 2.15. The number of hydrogen-bond donors (Lipinski definition) is 1. The second-order valence-corrected chi connectivity index (χ2v) is 7.86. The molecule has 6 heteroatoms. The first-order chi connectivity index (χ1) is 8.33. The molecule has 0 unspecified atom stereocenters. The molecule has 0 saturated heterocycles. The Bertz CT molecular complexity index is 503. The van der Waals surface area contributed by atoms with Gasteiger partial charge in [-0.15, -0.1) is 0 Å². The molecule has 100 valence electrons. The van der Waals surface area contributed by atoms with Crippen LogP contribution in [0.25, 0.3) is 0 Å². The van der Waals surface area contributed by atoms with Gasteiger partial charge in [-0.05, 0) is 29.5 Å². The number of rotatable bonds is 6. The topological polar surface area (TPSA) is 71.4 Å². The van der Waals surface area contributed by atoms with E-state index in [2.05, 4.69) is 0 Å². The Labute approximate surface area is 111 Å². The molecule has 0 heterocycles. The molecule has 0 amide bonds. The molecule has 0 radical (unpaired) electrons. The fourth-order valence-corrected chi connectivity index (χ4v) is 3.84. The maximum absolute atomic E-state index is 11.9. The van der Waals surface area contributed by atoms with Crippen molar-refractivity contribution in [2.45, 2.75) is 24.0 Å². The monoisotopic (exact) mass is 288 g/mol. The van der Waals surface area contributed by atoms with Crippen molar-refractivity contribution in [2.24, 2.45) is 0 Å². The van der Waals surface area contributed by atoms with Crippen LogP contribution < -0.4 is 0 Å². The van der Waals surface area contributed by atoms with Gasteiger partial charge in [0.25, 0.3) is 0 Å². The van der Waals surface area contributed by atoms with Gasteiger partial charge in [0.1, 0.15) is 0 Å². The van der Waals surface area contributed by atoms with Crippen molar-refractivity contribution in [3.8, 4) is 0 Å². The minimum Gasteiger partial charge on any atom is -0.478 e. The van der Waals surface area contributed by atoms with Crippen LogP contribution in [0.5, 0.6) is 0 Å². The molecule has 0 saturated carbocycles. The molecule has 0 aliphatic rings. The number of carboxylic acid groups (broad SMARTS) is 1. The van der Waals surface area contributed by atoms with Gasteiger partial charge in [-0.25, -0.2) is 13.2 Å². The lowest BCUT2D eigenvalue weighted by molar-refractivity contribution is 0.0697. The highest BCUT2D eigenvalue weighted by atomic mass is 32.2. The second-order valence-electron chi connectivity index (χ2n) is 4.07. The molecule has 0 aliphatic carbocycles. The van der Waals surface area contributed by atoms with E-state index < -0.39 is 15.8 Å². The number of carbonyl (C=O) groups is 1. The summed E-state index contributed by atoms with van der Waals surface area (Å²) in [5.41, 5.74) is 0.0884. The summed E-state index contributed by atoms with van der Waals surface area (Å²) in [6.07, 6.45) is 0. The van der Waals surface area contributed by atoms with E-state index in [-0.39, 0.29) is 16.2 Å². The van der Waals surface area contributed by atoms with Crippen LogP contribution in [-0.2, 0) is 9.84 Å². The van der Waals surface area contributed by atoms with E-state index in [9.17, 15) is 13.2 Å². The minimum atomic E-state index is -3.31. The average molecular weight is 288 g/mol. The fraction of sp³-hybridized carbons (Fsp3) is 0.417. The predicted molar refractivity (Wildman–Crippen MR) is 73.0 cm³/mol. The van der Waals surface area contributed by atoms with E-state index in [0.29, 0.717) is 11.0 Å². The number of aromatic carboxylic acids is 1. The SMILES string of the molecule is CC(C)SCCS(=O)(=O)c1ccc(C(=O)O)cc1. The van der Waals surface area contributed by atoms with Crippen molar-refractivity contribution in [3.05, 3.63) is 29.8 Å². The Morgan fingerprint density at radius 3 is 2.28 bits per heavy atom. The number of carboxylic acids is 1. The Morgan fingerprint density at radius 1 is 1.28 bits per heavy atom. The summed E-state index contributed by atoms with van der Waals surface area (Å²) >= 11 is 1.59. The second kappa shape index (κ2) is 6.24. The molecule has 0 aromatic heterocycles. The average Bonchev–Trinajstić information content (AvgIpc) is 2.28. The van der Waals surface area contributed by atoms with E-state index in [1.165, 1.54) is 24.3 Å². The van der Waals surface area contributed by atoms with Gasteiger partial charge < -0.3 is 5.11 Å². The standard InChI is InChI=1S/C12H16O4S2/c1-9(2)17-7-8-18(15,16)11-5-3-10(4-6-11)12(13)14/h3-6,9H,7-8H2,1-2H3,(H,13,14). The Hall–Kier alpha value is -1.01. The zero-order valence-electron chi connectivity index (χ0n) is 10.3. The van der Waals surface area contributed by atoms with Crippen LogP contribution >= 0.6 is 11.8 Å². The molecule has 1 rings (SSSR count). The number of hydrogen-bond acceptors (Lipinski definition) is 4. The van der Waals surface area contributed by atoms with Crippen LogP contribution in [0, 0.1) is 0 Å². The molecule has 18 heavy (non-hydrogen) atoms. The molecule has 0 spiro atoms. The van der Waals surface area contributed by atoms with Gasteiger partial charge in [0, 0.05) is 5.75 Å². The maximum Gasteiger partial charge on any atom is 0.335 e. The molecular formula is C12H16O4S2. The molecule has 4 nitrogen and oxygen atoms in total. The first-order valence-corrected chi connectivity index (χ1v) is 8.21. The van der Waals surface area contributed by atoms with Crippen LogP contribution in [0.4, 0.5) is 0 Å². The van der Waals surface area contributed by atoms with Crippen LogP contribution in [-0.4, -0.2) is 36.2 Å². The summed E-state index contributed by atoms with van der Waals surface area (Å²) < 4.78 is 23.9. The predicted octanol–water partition coefficient (Wildman–Crippen LogP) is 2.30. The zero-order valence-corrected chi connectivity index (χ0v) is 11.9. The highest BCUT2D eigenvalue weighted by Crippen LogP contribution is 2.16. The third kappa shape index (κ3) is 4.34. The van der Waals surface area contributed by atoms with Gasteiger partial charge in [0.2, 0.25) is 0 Å². The normalized spacial score (nSPS) is 11.7. The Kier molecular flexibility index (Phi) is 5.22. The minimum absolute atomic E-state index is 0.0717. The van der Waals surface area contributed by atoms with Crippen molar-refractivity contribution < 1.29 is 18.3 Å². The first kappa shape index (κ1) is 15.0. The largest absolute Gasteiger partial charge is 0.478 e. The third-order valence-corrected chi connectivity index (χ3v) is 5.36. The van der Waals surface area contributed by atoms with Gasteiger partial charge in [-0.3, -0.25) is 0 Å². The van der Waals surface area contributed by atoms with E-state index in [1.807, 2.05) is 13.8 Å². The molecule has 0 atom stereocenters. The number of sulfone groups is 1. The lowest BCUT2D eigenvalue weighted by Crippen LogP contribution is -2.10. The van der Waals surface area contributed by atoms with Gasteiger partial charge >= 0.3 is 5.97 Å². The lowest BCUT2D eigenvalue weighted by Gasteiger charge is -2.06. The zero-order chi connectivity index (χ0) is 13.8. The molecule has 0 fully saturated rings. The summed E-state index contributed by atoms with van der Waals surface area (Å²) in [5, 5.41) is 9.13. The van der Waals surface area contributed by atoms with Gasteiger partial charge in [0.15, 0.2) is 9.84 Å². The summed E-state index contributed by atoms with van der Waals surface area (Å²) in [6, 6.07) is 5.31. The van der Waals surface area contributed by atoms with Gasteiger partial charge in [0.05, 0.1) is 16.2 Å². The van der Waals surface area contributed by atoms with Gasteiger partial charge in [-0.2, -0.15) is 11.8 Å². The molecule has 1 aromatic rings. The lowest BCUT2D eigenvalue weighted by atomic mass is 10.2. The van der Waals surface area contributed by atoms with Crippen molar-refractivity contribution in [2.75, 3.05) is 11.5 Å². The molecular weight excluding hydrogens is 272 g/mol.